The lowest BCUT2D eigenvalue weighted by molar-refractivity contribution is -0.870. The molecule has 8 nitrogen and oxygen atoms in total. The van der Waals surface area contributed by atoms with Gasteiger partial charge in [-0.05, 0) is 64.2 Å². The number of unbranched alkanes of at least 4 members (excludes halogenated alkanes) is 15. The minimum atomic E-state index is -4.60. The van der Waals surface area contributed by atoms with Gasteiger partial charge in [0.2, 0.25) is 5.91 Å². The van der Waals surface area contributed by atoms with E-state index in [4.69, 9.17) is 9.05 Å². The number of carbonyl (C=O) groups excluding carboxylic acids is 1. The first-order valence-electron chi connectivity index (χ1n) is 20.7. The van der Waals surface area contributed by atoms with Crippen LogP contribution in [0, 0.1) is 0 Å². The number of nitrogens with one attached hydrogen (secondary N) is 1. The van der Waals surface area contributed by atoms with Crippen LogP contribution >= 0.6 is 7.82 Å². The highest BCUT2D eigenvalue weighted by Crippen LogP contribution is 2.38. The second-order valence-electron chi connectivity index (χ2n) is 14.9. The van der Waals surface area contributed by atoms with Gasteiger partial charge in [0, 0.05) is 6.42 Å². The Labute approximate surface area is 320 Å². The molecule has 0 fully saturated rings. The maximum Gasteiger partial charge on any atom is 0.268 e. The monoisotopic (exact) mass is 751 g/mol. The molecular weight excluding hydrogens is 671 g/mol. The fourth-order valence-electron chi connectivity index (χ4n) is 5.42. The van der Waals surface area contributed by atoms with Gasteiger partial charge in [0.05, 0.1) is 39.9 Å². The van der Waals surface area contributed by atoms with E-state index >= 15 is 0 Å². The number of likely N-dealkylation sites (N-methyl/N-ethyl adjacent to an activating group) is 1. The molecule has 0 aromatic carbocycles. The lowest BCUT2D eigenvalue weighted by atomic mass is 10.1. The number of aliphatic hydroxyl groups excluding tert-OH is 1. The Balaban J connectivity index is 4.59. The summed E-state index contributed by atoms with van der Waals surface area (Å²) in [6.45, 7) is 4.46. The number of aliphatic hydroxyl groups is 1. The predicted molar refractivity (Wildman–Crippen MR) is 219 cm³/mol. The molecule has 0 heterocycles. The summed E-state index contributed by atoms with van der Waals surface area (Å²) in [5, 5.41) is 13.7. The van der Waals surface area contributed by atoms with Gasteiger partial charge in [-0.1, -0.05) is 145 Å². The summed E-state index contributed by atoms with van der Waals surface area (Å²) < 4.78 is 23.1. The average Bonchev–Trinajstić information content (AvgIpc) is 3.09. The fraction of sp³-hybridized carbons (Fsp3) is 0.744. The van der Waals surface area contributed by atoms with E-state index < -0.39 is 26.6 Å². The quantitative estimate of drug-likeness (QED) is 0.0286. The summed E-state index contributed by atoms with van der Waals surface area (Å²) in [5.41, 5.74) is 0. The van der Waals surface area contributed by atoms with Crippen LogP contribution in [-0.4, -0.2) is 68.5 Å². The molecule has 0 aliphatic carbocycles. The third-order valence-corrected chi connectivity index (χ3v) is 9.68. The van der Waals surface area contributed by atoms with Gasteiger partial charge in [-0.2, -0.15) is 0 Å². The van der Waals surface area contributed by atoms with Crippen LogP contribution in [0.5, 0.6) is 0 Å². The molecule has 0 bridgehead atoms. The summed E-state index contributed by atoms with van der Waals surface area (Å²) in [5.74, 6) is -0.240. The third-order valence-electron chi connectivity index (χ3n) is 8.71. The Morgan fingerprint density at radius 3 is 1.79 bits per heavy atom. The van der Waals surface area contributed by atoms with Gasteiger partial charge >= 0.3 is 0 Å². The number of amides is 1. The molecule has 0 spiro atoms. The number of phosphoric acid groups is 1. The Bertz CT molecular complexity index is 1030. The summed E-state index contributed by atoms with van der Waals surface area (Å²) in [6.07, 6.45) is 44.1. The second-order valence-corrected chi connectivity index (χ2v) is 16.4. The number of carbonyl (C=O) groups is 1. The maximum absolute atomic E-state index is 12.8. The summed E-state index contributed by atoms with van der Waals surface area (Å²) >= 11 is 0. The number of phosphoric ester groups is 1. The number of quaternary nitrogens is 1. The molecule has 1 amide bonds. The molecule has 0 aliphatic heterocycles. The van der Waals surface area contributed by atoms with Crippen LogP contribution in [0.1, 0.15) is 155 Å². The molecule has 0 aliphatic rings. The zero-order valence-corrected chi connectivity index (χ0v) is 34.9. The topological polar surface area (TPSA) is 108 Å². The number of nitrogens with zero attached hydrogens (tertiary/aromatic N) is 1. The lowest BCUT2D eigenvalue weighted by Gasteiger charge is -2.29. The van der Waals surface area contributed by atoms with Crippen LogP contribution in [-0.2, 0) is 18.4 Å². The SMILES string of the molecule is CC/C=C\C/C=C\C/C=C\CCCCCC(=O)NC(COP(=O)([O-])OCC[N+](C)(C)C)C(O)/C=C/CC/C=C/CCCCCCCCCCCCC. The smallest absolute Gasteiger partial charge is 0.268 e. The fourth-order valence-corrected chi connectivity index (χ4v) is 6.14. The molecule has 52 heavy (non-hydrogen) atoms. The molecule has 3 unspecified atom stereocenters. The largest absolute Gasteiger partial charge is 0.756 e. The van der Waals surface area contributed by atoms with Crippen LogP contribution < -0.4 is 10.2 Å². The van der Waals surface area contributed by atoms with E-state index in [1.54, 1.807) is 6.08 Å². The van der Waals surface area contributed by atoms with Gasteiger partial charge in [-0.25, -0.2) is 0 Å². The van der Waals surface area contributed by atoms with Crippen molar-refractivity contribution >= 4 is 13.7 Å². The molecule has 2 N–H and O–H groups in total. The van der Waals surface area contributed by atoms with Crippen molar-refractivity contribution in [3.63, 3.8) is 0 Å². The first kappa shape index (κ1) is 50.2. The van der Waals surface area contributed by atoms with Gasteiger partial charge in [-0.15, -0.1) is 0 Å². The summed E-state index contributed by atoms with van der Waals surface area (Å²) in [6, 6.07) is -0.918. The van der Waals surface area contributed by atoms with Crippen molar-refractivity contribution in [2.24, 2.45) is 0 Å². The van der Waals surface area contributed by atoms with E-state index in [0.717, 1.165) is 57.8 Å². The van der Waals surface area contributed by atoms with Crippen LogP contribution in [0.2, 0.25) is 0 Å². The zero-order valence-electron chi connectivity index (χ0n) is 34.0. The van der Waals surface area contributed by atoms with E-state index in [1.807, 2.05) is 27.2 Å². The van der Waals surface area contributed by atoms with Crippen LogP contribution in [0.15, 0.2) is 60.8 Å². The predicted octanol–water partition coefficient (Wildman–Crippen LogP) is 10.4. The highest BCUT2D eigenvalue weighted by Gasteiger charge is 2.23. The first-order chi connectivity index (χ1) is 25.0. The normalized spacial score (nSPS) is 15.1. The molecule has 0 saturated heterocycles. The molecule has 302 valence electrons. The molecule has 0 saturated carbocycles. The zero-order chi connectivity index (χ0) is 38.6. The summed E-state index contributed by atoms with van der Waals surface area (Å²) in [4.78, 5) is 25.2. The van der Waals surface area contributed by atoms with Crippen molar-refractivity contribution in [1.82, 2.24) is 5.32 Å². The highest BCUT2D eigenvalue weighted by molar-refractivity contribution is 7.45. The summed E-state index contributed by atoms with van der Waals surface area (Å²) in [7, 11) is 1.21. The van der Waals surface area contributed by atoms with Crippen LogP contribution in [0.3, 0.4) is 0 Å². The van der Waals surface area contributed by atoms with Gasteiger partial charge in [0.15, 0.2) is 0 Å². The molecule has 0 radical (unpaired) electrons. The number of hydrogen-bond acceptors (Lipinski definition) is 6. The van der Waals surface area contributed by atoms with Gasteiger partial charge in [0.1, 0.15) is 13.2 Å². The van der Waals surface area contributed by atoms with Crippen molar-refractivity contribution < 1.29 is 32.9 Å². The second kappa shape index (κ2) is 34.9. The molecule has 0 rings (SSSR count). The van der Waals surface area contributed by atoms with Crippen molar-refractivity contribution in [3.05, 3.63) is 60.8 Å². The van der Waals surface area contributed by atoms with E-state index in [2.05, 4.69) is 67.8 Å². The third kappa shape index (κ3) is 36.6. The van der Waals surface area contributed by atoms with E-state index in [1.165, 1.54) is 70.6 Å². The van der Waals surface area contributed by atoms with E-state index in [-0.39, 0.29) is 12.5 Å². The maximum atomic E-state index is 12.8. The van der Waals surface area contributed by atoms with Gasteiger partial charge in [-0.3, -0.25) is 9.36 Å². The molecular formula is C43H79N2O6P. The van der Waals surface area contributed by atoms with E-state index in [0.29, 0.717) is 23.9 Å². The number of hydrogen-bond donors (Lipinski definition) is 2. The molecule has 0 aromatic heterocycles. The average molecular weight is 751 g/mol. The Morgan fingerprint density at radius 2 is 1.19 bits per heavy atom. The Hall–Kier alpha value is -1.80. The van der Waals surface area contributed by atoms with Crippen molar-refractivity contribution in [2.75, 3.05) is 40.9 Å². The molecule has 9 heteroatoms. The molecule has 0 aromatic rings. The Kier molecular flexibility index (Phi) is 33.7. The lowest BCUT2D eigenvalue weighted by Crippen LogP contribution is -2.45. The van der Waals surface area contributed by atoms with Crippen molar-refractivity contribution in [1.29, 1.82) is 0 Å². The van der Waals surface area contributed by atoms with Crippen LogP contribution in [0.25, 0.3) is 0 Å². The van der Waals surface area contributed by atoms with Crippen molar-refractivity contribution in [2.45, 2.75) is 167 Å². The Morgan fingerprint density at radius 1 is 0.692 bits per heavy atom. The number of rotatable bonds is 36. The van der Waals surface area contributed by atoms with Crippen LogP contribution in [0.4, 0.5) is 0 Å². The molecule has 3 atom stereocenters. The van der Waals surface area contributed by atoms with E-state index in [9.17, 15) is 19.4 Å². The highest BCUT2D eigenvalue weighted by atomic mass is 31.2. The van der Waals surface area contributed by atoms with Gasteiger partial charge < -0.3 is 28.8 Å². The minimum absolute atomic E-state index is 0.0148. The standard InChI is InChI=1S/C43H79N2O6P/c1-6-8-10-12-14-16-18-20-21-22-23-25-26-28-30-32-34-36-42(46)41(40-51-52(48,49)50-39-38-45(3,4)5)44-43(47)37-35-33-31-29-27-24-19-17-15-13-11-9-7-2/h9,11,15,17,24,26-28,34,36,41-42,46H,6-8,10,12-14,16,18-23,25,29-33,35,37-40H2,1-5H3,(H-,44,47,48,49)/b11-9-,17-15-,27-24-,28-26+,36-34+. The van der Waals surface area contributed by atoms with Crippen molar-refractivity contribution in [3.8, 4) is 0 Å². The minimum Gasteiger partial charge on any atom is -0.756 e. The first-order valence-corrected chi connectivity index (χ1v) is 22.1. The van der Waals surface area contributed by atoms with Gasteiger partial charge in [0.25, 0.3) is 7.82 Å². The number of allylic oxidation sites excluding steroid dienone is 9.